The average Bonchev–Trinajstić information content (AvgIpc) is 3.22. The lowest BCUT2D eigenvalue weighted by atomic mass is 10.1. The van der Waals surface area contributed by atoms with E-state index in [9.17, 15) is 10.1 Å². The topological polar surface area (TPSA) is 88.0 Å². The van der Waals surface area contributed by atoms with Crippen molar-refractivity contribution in [3.05, 3.63) is 89.7 Å². The van der Waals surface area contributed by atoms with Gasteiger partial charge >= 0.3 is 5.97 Å². The van der Waals surface area contributed by atoms with E-state index in [4.69, 9.17) is 9.47 Å². The Balaban J connectivity index is 1.63. The molecule has 30 heavy (non-hydrogen) atoms. The summed E-state index contributed by atoms with van der Waals surface area (Å²) in [6.07, 6.45) is 1.70. The molecule has 1 heterocycles. The van der Waals surface area contributed by atoms with E-state index in [1.165, 1.54) is 7.11 Å². The molecule has 0 bridgehead atoms. The van der Waals surface area contributed by atoms with Gasteiger partial charge in [0.25, 0.3) is 0 Å². The van der Waals surface area contributed by atoms with Crippen molar-refractivity contribution in [1.29, 1.82) is 5.26 Å². The Kier molecular flexibility index (Phi) is 5.27. The number of methoxy groups -OCH3 is 1. The van der Waals surface area contributed by atoms with E-state index >= 15 is 0 Å². The number of H-pyrrole nitrogens is 1. The molecule has 0 fully saturated rings. The first-order valence-electron chi connectivity index (χ1n) is 9.20. The highest BCUT2D eigenvalue weighted by Crippen LogP contribution is 2.30. The number of hydrogen-bond acceptors (Lipinski definition) is 5. The number of fused-ring (bicyclic) bond motifs is 1. The van der Waals surface area contributed by atoms with E-state index in [1.54, 1.807) is 48.5 Å². The quantitative estimate of drug-likeness (QED) is 0.296. The molecule has 0 aliphatic rings. The molecule has 3 aromatic carbocycles. The fourth-order valence-electron chi connectivity index (χ4n) is 2.99. The van der Waals surface area contributed by atoms with Gasteiger partial charge in [-0.2, -0.15) is 5.26 Å². The number of para-hydroxylation sites is 2. The predicted molar refractivity (Wildman–Crippen MR) is 114 cm³/mol. The first-order chi connectivity index (χ1) is 14.7. The summed E-state index contributed by atoms with van der Waals surface area (Å²) in [6, 6.07) is 23.6. The zero-order valence-corrected chi connectivity index (χ0v) is 16.1. The van der Waals surface area contributed by atoms with Gasteiger partial charge in [-0.05, 0) is 48.0 Å². The van der Waals surface area contributed by atoms with Gasteiger partial charge < -0.3 is 14.5 Å². The van der Waals surface area contributed by atoms with Gasteiger partial charge in [0, 0.05) is 0 Å². The molecule has 4 rings (SSSR count). The van der Waals surface area contributed by atoms with Crippen molar-refractivity contribution < 1.29 is 14.3 Å². The standard InChI is InChI=1S/C24H17N3O3/c1-29-22-14-16(11-12-21(22)30-24(28)17-7-3-2-4-8-17)13-18(15-25)23-26-19-9-5-6-10-20(19)27-23/h2-14H,1H3,(H,26,27)/b18-13-. The molecule has 0 spiro atoms. The van der Waals surface area contributed by atoms with Crippen LogP contribution in [0.4, 0.5) is 0 Å². The summed E-state index contributed by atoms with van der Waals surface area (Å²) in [7, 11) is 1.49. The number of carbonyl (C=O) groups excluding carboxylic acids is 1. The lowest BCUT2D eigenvalue weighted by molar-refractivity contribution is 0.0729. The fourth-order valence-corrected chi connectivity index (χ4v) is 2.99. The summed E-state index contributed by atoms with van der Waals surface area (Å²) < 4.78 is 10.8. The number of rotatable bonds is 5. The SMILES string of the molecule is COc1cc(/C=C(/C#N)c2nc3ccccc3[nH]2)ccc1OC(=O)c1ccccc1. The highest BCUT2D eigenvalue weighted by atomic mass is 16.6. The molecule has 6 nitrogen and oxygen atoms in total. The van der Waals surface area contributed by atoms with Crippen molar-refractivity contribution in [1.82, 2.24) is 9.97 Å². The van der Waals surface area contributed by atoms with Crippen LogP contribution in [-0.2, 0) is 0 Å². The Hall–Kier alpha value is -4.37. The molecule has 6 heteroatoms. The van der Waals surface area contributed by atoms with Crippen molar-refractivity contribution in [2.45, 2.75) is 0 Å². The minimum Gasteiger partial charge on any atom is -0.493 e. The number of nitrogens with zero attached hydrogens (tertiary/aromatic N) is 2. The van der Waals surface area contributed by atoms with E-state index in [0.717, 1.165) is 11.0 Å². The molecule has 4 aromatic rings. The average molecular weight is 395 g/mol. The Bertz CT molecular complexity index is 1250. The number of benzene rings is 3. The predicted octanol–water partition coefficient (Wildman–Crippen LogP) is 4.85. The summed E-state index contributed by atoms with van der Waals surface area (Å²) in [6.45, 7) is 0. The Morgan fingerprint density at radius 2 is 1.80 bits per heavy atom. The lowest BCUT2D eigenvalue weighted by Gasteiger charge is -2.10. The van der Waals surface area contributed by atoms with Crippen LogP contribution < -0.4 is 9.47 Å². The zero-order chi connectivity index (χ0) is 20.9. The van der Waals surface area contributed by atoms with E-state index in [2.05, 4.69) is 16.0 Å². The van der Waals surface area contributed by atoms with Crippen LogP contribution in [-0.4, -0.2) is 23.0 Å². The van der Waals surface area contributed by atoms with Crippen LogP contribution in [0.15, 0.2) is 72.8 Å². The highest BCUT2D eigenvalue weighted by molar-refractivity contribution is 5.92. The number of allylic oxidation sites excluding steroid dienone is 1. The third-order valence-electron chi connectivity index (χ3n) is 4.48. The minimum absolute atomic E-state index is 0.297. The van der Waals surface area contributed by atoms with E-state index in [-0.39, 0.29) is 0 Å². The monoisotopic (exact) mass is 395 g/mol. The van der Waals surface area contributed by atoms with E-state index in [1.807, 2.05) is 30.3 Å². The normalized spacial score (nSPS) is 11.1. The Labute approximate surface area is 173 Å². The number of aromatic amines is 1. The summed E-state index contributed by atoms with van der Waals surface area (Å²) in [5.74, 6) is 0.690. The molecule has 1 N–H and O–H groups in total. The molecule has 0 amide bonds. The number of imidazole rings is 1. The number of ether oxygens (including phenoxy) is 2. The molecule has 146 valence electrons. The number of carbonyl (C=O) groups is 1. The van der Waals surface area contributed by atoms with Crippen molar-refractivity contribution in [3.8, 4) is 17.6 Å². The van der Waals surface area contributed by atoms with Crippen LogP contribution in [0.2, 0.25) is 0 Å². The lowest BCUT2D eigenvalue weighted by Crippen LogP contribution is -2.09. The summed E-state index contributed by atoms with van der Waals surface area (Å²) in [4.78, 5) is 19.9. The summed E-state index contributed by atoms with van der Waals surface area (Å²) in [5, 5.41) is 9.61. The molecule has 0 saturated carbocycles. The molecule has 0 aliphatic carbocycles. The first kappa shape index (κ1) is 19.0. The van der Waals surface area contributed by atoms with Gasteiger partial charge in [0.15, 0.2) is 11.5 Å². The number of nitriles is 1. The second-order valence-corrected chi connectivity index (χ2v) is 6.44. The number of esters is 1. The molecule has 0 saturated heterocycles. The first-order valence-corrected chi connectivity index (χ1v) is 9.20. The van der Waals surface area contributed by atoms with Crippen LogP contribution in [0.25, 0.3) is 22.7 Å². The van der Waals surface area contributed by atoms with Gasteiger partial charge in [-0.25, -0.2) is 9.78 Å². The van der Waals surface area contributed by atoms with Crippen LogP contribution in [0, 0.1) is 11.3 Å². The van der Waals surface area contributed by atoms with Crippen molar-refractivity contribution in [3.63, 3.8) is 0 Å². The fraction of sp³-hybridized carbons (Fsp3) is 0.0417. The smallest absolute Gasteiger partial charge is 0.343 e. The van der Waals surface area contributed by atoms with Gasteiger partial charge in [0.05, 0.1) is 29.3 Å². The molecule has 0 aliphatic heterocycles. The van der Waals surface area contributed by atoms with E-state index < -0.39 is 5.97 Å². The molecular formula is C24H17N3O3. The second kappa shape index (κ2) is 8.33. The van der Waals surface area contributed by atoms with Gasteiger partial charge in [-0.15, -0.1) is 0 Å². The molecule has 0 unspecified atom stereocenters. The van der Waals surface area contributed by atoms with Crippen LogP contribution in [0.1, 0.15) is 21.7 Å². The van der Waals surface area contributed by atoms with E-state index in [0.29, 0.717) is 34.0 Å². The third-order valence-corrected chi connectivity index (χ3v) is 4.48. The number of hydrogen-bond donors (Lipinski definition) is 1. The van der Waals surface area contributed by atoms with Gasteiger partial charge in [-0.3, -0.25) is 0 Å². The molecule has 0 radical (unpaired) electrons. The van der Waals surface area contributed by atoms with Crippen molar-refractivity contribution >= 4 is 28.7 Å². The van der Waals surface area contributed by atoms with Crippen molar-refractivity contribution in [2.24, 2.45) is 0 Å². The second-order valence-electron chi connectivity index (χ2n) is 6.44. The third kappa shape index (κ3) is 3.91. The highest BCUT2D eigenvalue weighted by Gasteiger charge is 2.13. The zero-order valence-electron chi connectivity index (χ0n) is 16.1. The van der Waals surface area contributed by atoms with Crippen LogP contribution in [0.5, 0.6) is 11.5 Å². The molecule has 1 aromatic heterocycles. The van der Waals surface area contributed by atoms with Gasteiger partial charge in [0.1, 0.15) is 11.9 Å². The van der Waals surface area contributed by atoms with Crippen molar-refractivity contribution in [2.75, 3.05) is 7.11 Å². The minimum atomic E-state index is -0.475. The summed E-state index contributed by atoms with van der Waals surface area (Å²) in [5.41, 5.74) is 3.18. The van der Waals surface area contributed by atoms with Crippen LogP contribution >= 0.6 is 0 Å². The maximum atomic E-state index is 12.3. The largest absolute Gasteiger partial charge is 0.493 e. The maximum Gasteiger partial charge on any atom is 0.343 e. The van der Waals surface area contributed by atoms with Gasteiger partial charge in [-0.1, -0.05) is 36.4 Å². The number of aromatic nitrogens is 2. The Morgan fingerprint density at radius 3 is 2.53 bits per heavy atom. The number of nitrogens with one attached hydrogen (secondary N) is 1. The molecule has 0 atom stereocenters. The van der Waals surface area contributed by atoms with Gasteiger partial charge in [0.2, 0.25) is 0 Å². The van der Waals surface area contributed by atoms with Crippen LogP contribution in [0.3, 0.4) is 0 Å². The Morgan fingerprint density at radius 1 is 1.03 bits per heavy atom. The summed E-state index contributed by atoms with van der Waals surface area (Å²) >= 11 is 0. The molecular weight excluding hydrogens is 378 g/mol. The maximum absolute atomic E-state index is 12.3.